The van der Waals surface area contributed by atoms with E-state index in [1.165, 1.54) is 18.5 Å². The molecule has 0 atom stereocenters. The van der Waals surface area contributed by atoms with Crippen LogP contribution >= 0.6 is 0 Å². The smallest absolute Gasteiger partial charge is 0.339 e. The van der Waals surface area contributed by atoms with Gasteiger partial charge in [0.25, 0.3) is 0 Å². The average molecular weight is 230 g/mol. The Kier molecular flexibility index (Phi) is 2.35. The Morgan fingerprint density at radius 2 is 2.35 bits per heavy atom. The molecule has 0 spiro atoms. The van der Waals surface area contributed by atoms with Gasteiger partial charge in [-0.15, -0.1) is 0 Å². The molecule has 0 aliphatic heterocycles. The van der Waals surface area contributed by atoms with Gasteiger partial charge < -0.3 is 9.72 Å². The molecular weight excluding hydrogens is 216 g/mol. The van der Waals surface area contributed by atoms with Gasteiger partial charge in [-0.1, -0.05) is 0 Å². The van der Waals surface area contributed by atoms with Crippen LogP contribution in [0.2, 0.25) is 0 Å². The van der Waals surface area contributed by atoms with E-state index in [1.807, 2.05) is 6.07 Å². The molecule has 0 unspecified atom stereocenters. The fraction of sp³-hybridized carbons (Fsp3) is 0.385. The maximum Gasteiger partial charge on any atom is 0.339 e. The van der Waals surface area contributed by atoms with E-state index >= 15 is 0 Å². The van der Waals surface area contributed by atoms with Crippen LogP contribution in [0.3, 0.4) is 0 Å². The van der Waals surface area contributed by atoms with E-state index in [0.717, 1.165) is 11.0 Å². The van der Waals surface area contributed by atoms with Crippen LogP contribution < -0.4 is 0 Å². The first-order valence-corrected chi connectivity index (χ1v) is 5.93. The van der Waals surface area contributed by atoms with E-state index in [1.54, 1.807) is 13.1 Å². The Balaban J connectivity index is 1.97. The number of hydrogen-bond acceptors (Lipinski definition) is 3. The lowest BCUT2D eigenvalue weighted by atomic mass is 10.2. The number of hydrogen-bond donors (Lipinski definition) is 1. The molecule has 1 saturated carbocycles. The number of carbonyl (C=O) groups is 1. The molecular formula is C13H14N2O2. The summed E-state index contributed by atoms with van der Waals surface area (Å²) in [6, 6.07) is 3.92. The van der Waals surface area contributed by atoms with E-state index in [4.69, 9.17) is 4.74 Å². The van der Waals surface area contributed by atoms with Crippen molar-refractivity contribution in [2.75, 3.05) is 6.61 Å². The fourth-order valence-corrected chi connectivity index (χ4v) is 1.98. The summed E-state index contributed by atoms with van der Waals surface area (Å²) in [7, 11) is 0. The van der Waals surface area contributed by atoms with Crippen molar-refractivity contribution in [1.82, 2.24) is 9.97 Å². The van der Waals surface area contributed by atoms with E-state index in [0.29, 0.717) is 18.1 Å². The number of H-pyrrole nitrogens is 1. The van der Waals surface area contributed by atoms with Crippen LogP contribution in [0, 0.1) is 0 Å². The maximum atomic E-state index is 11.6. The summed E-state index contributed by atoms with van der Waals surface area (Å²) in [6.45, 7) is 2.18. The van der Waals surface area contributed by atoms with Crippen molar-refractivity contribution in [2.24, 2.45) is 0 Å². The number of esters is 1. The van der Waals surface area contributed by atoms with Gasteiger partial charge in [0.05, 0.1) is 12.2 Å². The summed E-state index contributed by atoms with van der Waals surface area (Å²) in [5, 5.41) is 0.984. The molecule has 4 nitrogen and oxygen atoms in total. The van der Waals surface area contributed by atoms with Crippen molar-refractivity contribution < 1.29 is 9.53 Å². The molecule has 0 aromatic carbocycles. The number of aromatic nitrogens is 2. The van der Waals surface area contributed by atoms with Crippen molar-refractivity contribution in [3.63, 3.8) is 0 Å². The number of carbonyl (C=O) groups excluding carboxylic acids is 1. The molecule has 2 aromatic heterocycles. The molecule has 1 N–H and O–H groups in total. The van der Waals surface area contributed by atoms with Gasteiger partial charge in [-0.25, -0.2) is 9.78 Å². The molecule has 1 aliphatic carbocycles. The van der Waals surface area contributed by atoms with Crippen LogP contribution in [0.25, 0.3) is 11.0 Å². The van der Waals surface area contributed by atoms with Gasteiger partial charge >= 0.3 is 5.97 Å². The van der Waals surface area contributed by atoms with Crippen LogP contribution in [0.5, 0.6) is 0 Å². The molecule has 1 aliphatic rings. The normalized spacial score (nSPS) is 15.1. The lowest BCUT2D eigenvalue weighted by Gasteiger charge is -2.00. The van der Waals surface area contributed by atoms with Gasteiger partial charge in [0, 0.05) is 17.3 Å². The standard InChI is InChI=1S/C13H14N2O2/c1-2-17-13(16)10-5-9-6-11(8-3-4-8)15-12(9)14-7-10/h5-8H,2-4H2,1H3,(H,14,15). The minimum Gasteiger partial charge on any atom is -0.462 e. The topological polar surface area (TPSA) is 55.0 Å². The second-order valence-corrected chi connectivity index (χ2v) is 4.38. The molecule has 17 heavy (non-hydrogen) atoms. The fourth-order valence-electron chi connectivity index (χ4n) is 1.98. The lowest BCUT2D eigenvalue weighted by molar-refractivity contribution is 0.0526. The zero-order valence-corrected chi connectivity index (χ0v) is 9.69. The minimum atomic E-state index is -0.309. The van der Waals surface area contributed by atoms with E-state index in [-0.39, 0.29) is 5.97 Å². The number of pyridine rings is 1. The first-order valence-electron chi connectivity index (χ1n) is 5.93. The summed E-state index contributed by atoms with van der Waals surface area (Å²) in [5.41, 5.74) is 2.59. The predicted molar refractivity (Wildman–Crippen MR) is 64.0 cm³/mol. The van der Waals surface area contributed by atoms with Gasteiger partial charge in [-0.05, 0) is 37.8 Å². The summed E-state index contributed by atoms with van der Waals surface area (Å²) in [4.78, 5) is 19.1. The second kappa shape index (κ2) is 3.87. The number of nitrogens with zero attached hydrogens (tertiary/aromatic N) is 1. The number of ether oxygens (including phenoxy) is 1. The largest absolute Gasteiger partial charge is 0.462 e. The van der Waals surface area contributed by atoms with E-state index in [2.05, 4.69) is 16.0 Å². The summed E-state index contributed by atoms with van der Waals surface area (Å²) < 4.78 is 4.95. The number of rotatable bonds is 3. The van der Waals surface area contributed by atoms with Gasteiger partial charge in [0.15, 0.2) is 0 Å². The first-order chi connectivity index (χ1) is 8.28. The van der Waals surface area contributed by atoms with E-state index < -0.39 is 0 Å². The highest BCUT2D eigenvalue weighted by Gasteiger charge is 2.25. The van der Waals surface area contributed by atoms with Gasteiger partial charge in [-0.2, -0.15) is 0 Å². The van der Waals surface area contributed by atoms with Crippen molar-refractivity contribution in [3.8, 4) is 0 Å². The Morgan fingerprint density at radius 3 is 3.06 bits per heavy atom. The van der Waals surface area contributed by atoms with Crippen molar-refractivity contribution in [1.29, 1.82) is 0 Å². The highest BCUT2D eigenvalue weighted by Crippen LogP contribution is 2.40. The third-order valence-corrected chi connectivity index (χ3v) is 3.02. The number of nitrogens with one attached hydrogen (secondary N) is 1. The van der Waals surface area contributed by atoms with Crippen molar-refractivity contribution >= 4 is 17.0 Å². The Bertz CT molecular complexity index is 570. The summed E-state index contributed by atoms with van der Waals surface area (Å²) in [5.74, 6) is 0.353. The molecule has 0 bridgehead atoms. The predicted octanol–water partition coefficient (Wildman–Crippen LogP) is 2.62. The summed E-state index contributed by atoms with van der Waals surface area (Å²) in [6.07, 6.45) is 4.06. The second-order valence-electron chi connectivity index (χ2n) is 4.38. The van der Waals surface area contributed by atoms with Crippen LogP contribution in [-0.4, -0.2) is 22.5 Å². The van der Waals surface area contributed by atoms with Crippen molar-refractivity contribution in [2.45, 2.75) is 25.7 Å². The SMILES string of the molecule is CCOC(=O)c1cnc2[nH]c(C3CC3)cc2c1. The molecule has 0 radical (unpaired) electrons. The quantitative estimate of drug-likeness (QED) is 0.824. The highest BCUT2D eigenvalue weighted by atomic mass is 16.5. The highest BCUT2D eigenvalue weighted by molar-refractivity contribution is 5.93. The zero-order valence-electron chi connectivity index (χ0n) is 9.69. The molecule has 0 saturated heterocycles. The van der Waals surface area contributed by atoms with Crippen molar-refractivity contribution in [3.05, 3.63) is 29.6 Å². The van der Waals surface area contributed by atoms with Crippen LogP contribution in [0.4, 0.5) is 0 Å². The van der Waals surface area contributed by atoms with E-state index in [9.17, 15) is 4.79 Å². The summed E-state index contributed by atoms with van der Waals surface area (Å²) >= 11 is 0. The van der Waals surface area contributed by atoms with Gasteiger partial charge in [0.1, 0.15) is 5.65 Å². The maximum absolute atomic E-state index is 11.6. The number of aromatic amines is 1. The van der Waals surface area contributed by atoms with Crippen LogP contribution in [0.1, 0.15) is 41.7 Å². The molecule has 2 heterocycles. The van der Waals surface area contributed by atoms with Gasteiger partial charge in [0.2, 0.25) is 0 Å². The first kappa shape index (κ1) is 10.3. The Morgan fingerprint density at radius 1 is 1.53 bits per heavy atom. The third-order valence-electron chi connectivity index (χ3n) is 3.02. The lowest BCUT2D eigenvalue weighted by Crippen LogP contribution is -2.04. The van der Waals surface area contributed by atoms with Crippen LogP contribution in [-0.2, 0) is 4.74 Å². The van der Waals surface area contributed by atoms with Crippen LogP contribution in [0.15, 0.2) is 18.3 Å². The molecule has 1 fully saturated rings. The number of fused-ring (bicyclic) bond motifs is 1. The monoisotopic (exact) mass is 230 g/mol. The average Bonchev–Trinajstić information content (AvgIpc) is 3.08. The van der Waals surface area contributed by atoms with Gasteiger partial charge in [-0.3, -0.25) is 0 Å². The zero-order chi connectivity index (χ0) is 11.8. The Hall–Kier alpha value is -1.84. The molecule has 3 rings (SSSR count). The Labute approximate surface area is 99.0 Å². The molecule has 88 valence electrons. The minimum absolute atomic E-state index is 0.309. The molecule has 4 heteroatoms. The molecule has 2 aromatic rings. The third kappa shape index (κ3) is 1.90. The molecule has 0 amide bonds.